The van der Waals surface area contributed by atoms with Gasteiger partial charge >= 0.3 is 5.97 Å². The smallest absolute Gasteiger partial charge is 0.347 e. The van der Waals surface area contributed by atoms with E-state index < -0.39 is 5.97 Å². The molecule has 2 fully saturated rings. The van der Waals surface area contributed by atoms with Crippen molar-refractivity contribution in [3.8, 4) is 0 Å². The van der Waals surface area contributed by atoms with Gasteiger partial charge in [-0.05, 0) is 39.5 Å². The molecule has 0 aromatic carbocycles. The minimum absolute atomic E-state index is 0.393. The lowest BCUT2D eigenvalue weighted by atomic mass is 9.82. The number of hydrogen-bond acceptors (Lipinski definition) is 4. The number of carboxylic acid groups (broad SMARTS) is 1. The van der Waals surface area contributed by atoms with Crippen molar-refractivity contribution in [1.82, 2.24) is 9.88 Å². The van der Waals surface area contributed by atoms with E-state index in [4.69, 9.17) is 4.98 Å². The van der Waals surface area contributed by atoms with Gasteiger partial charge in [0.15, 0.2) is 0 Å². The van der Waals surface area contributed by atoms with Crippen molar-refractivity contribution in [3.05, 3.63) is 15.6 Å². The van der Waals surface area contributed by atoms with Crippen molar-refractivity contribution in [3.63, 3.8) is 0 Å². The van der Waals surface area contributed by atoms with Crippen LogP contribution in [0.4, 0.5) is 0 Å². The van der Waals surface area contributed by atoms with Gasteiger partial charge in [0.25, 0.3) is 0 Å². The molecule has 1 aliphatic carbocycles. The Hall–Kier alpha value is -0.940. The molecule has 0 radical (unpaired) electrons. The molecule has 0 bridgehead atoms. The fraction of sp³-hybridized carbons (Fsp3) is 0.765. The van der Waals surface area contributed by atoms with Crippen LogP contribution in [0.1, 0.15) is 78.7 Å². The van der Waals surface area contributed by atoms with E-state index in [2.05, 4.69) is 18.7 Å². The zero-order valence-electron chi connectivity index (χ0n) is 13.5. The van der Waals surface area contributed by atoms with E-state index in [0.717, 1.165) is 36.5 Å². The van der Waals surface area contributed by atoms with Crippen LogP contribution in [0.25, 0.3) is 0 Å². The number of thiazole rings is 1. The van der Waals surface area contributed by atoms with E-state index in [1.165, 1.54) is 37.0 Å². The van der Waals surface area contributed by atoms with Crippen LogP contribution in [0, 0.1) is 0 Å². The first-order valence-corrected chi connectivity index (χ1v) is 9.36. The SMILES string of the molecule is CC1CCCC(C)N1CCc1nc(C2CCC2)c(C(=O)O)s1. The summed E-state index contributed by atoms with van der Waals surface area (Å²) >= 11 is 1.40. The minimum Gasteiger partial charge on any atom is -0.477 e. The lowest BCUT2D eigenvalue weighted by Crippen LogP contribution is -2.44. The number of carboxylic acids is 1. The summed E-state index contributed by atoms with van der Waals surface area (Å²) in [7, 11) is 0. The Bertz CT molecular complexity index is 529. The number of rotatable bonds is 5. The largest absolute Gasteiger partial charge is 0.477 e. The zero-order valence-corrected chi connectivity index (χ0v) is 14.4. The molecule has 2 unspecified atom stereocenters. The van der Waals surface area contributed by atoms with Gasteiger partial charge in [0.1, 0.15) is 4.88 Å². The topological polar surface area (TPSA) is 53.4 Å². The number of nitrogens with zero attached hydrogens (tertiary/aromatic N) is 2. The highest BCUT2D eigenvalue weighted by Gasteiger charge is 2.29. The quantitative estimate of drug-likeness (QED) is 0.893. The molecular weight excluding hydrogens is 296 g/mol. The summed E-state index contributed by atoms with van der Waals surface area (Å²) < 4.78 is 0. The molecule has 1 N–H and O–H groups in total. The van der Waals surface area contributed by atoms with Crippen molar-refractivity contribution in [1.29, 1.82) is 0 Å². The first-order chi connectivity index (χ1) is 10.6. The van der Waals surface area contributed by atoms with Crippen molar-refractivity contribution in [2.45, 2.75) is 76.8 Å². The summed E-state index contributed by atoms with van der Waals surface area (Å²) in [6.07, 6.45) is 8.16. The molecule has 1 saturated heterocycles. The van der Waals surface area contributed by atoms with Gasteiger partial charge in [0.05, 0.1) is 10.7 Å². The number of likely N-dealkylation sites (tertiary alicyclic amines) is 1. The number of aromatic nitrogens is 1. The van der Waals surface area contributed by atoms with Crippen LogP contribution in [0.3, 0.4) is 0 Å². The van der Waals surface area contributed by atoms with Gasteiger partial charge in [-0.3, -0.25) is 4.90 Å². The molecule has 1 aliphatic heterocycles. The molecule has 5 heteroatoms. The van der Waals surface area contributed by atoms with Gasteiger partial charge in [0, 0.05) is 31.0 Å². The van der Waals surface area contributed by atoms with Crippen LogP contribution in [-0.2, 0) is 6.42 Å². The summed E-state index contributed by atoms with van der Waals surface area (Å²) in [5, 5.41) is 10.4. The second kappa shape index (κ2) is 6.67. The Morgan fingerprint density at radius 2 is 1.86 bits per heavy atom. The molecule has 0 amide bonds. The second-order valence-electron chi connectivity index (χ2n) is 6.87. The van der Waals surface area contributed by atoms with Crippen LogP contribution in [0.2, 0.25) is 0 Å². The molecule has 2 atom stereocenters. The number of carbonyl (C=O) groups is 1. The molecule has 1 saturated carbocycles. The Kier molecular flexibility index (Phi) is 4.83. The predicted octanol–water partition coefficient (Wildman–Crippen LogP) is 3.91. The van der Waals surface area contributed by atoms with E-state index in [0.29, 0.717) is 22.9 Å². The average Bonchev–Trinajstić information content (AvgIpc) is 2.80. The van der Waals surface area contributed by atoms with Crippen molar-refractivity contribution < 1.29 is 9.90 Å². The summed E-state index contributed by atoms with van der Waals surface area (Å²) in [4.78, 5) is 19.2. The van der Waals surface area contributed by atoms with Crippen molar-refractivity contribution >= 4 is 17.3 Å². The summed E-state index contributed by atoms with van der Waals surface area (Å²) in [5.41, 5.74) is 0.860. The maximum atomic E-state index is 11.4. The molecule has 2 aliphatic rings. The van der Waals surface area contributed by atoms with E-state index in [-0.39, 0.29) is 0 Å². The third-order valence-corrected chi connectivity index (χ3v) is 6.46. The highest BCUT2D eigenvalue weighted by atomic mass is 32.1. The van der Waals surface area contributed by atoms with Gasteiger partial charge in [0.2, 0.25) is 0 Å². The van der Waals surface area contributed by atoms with Gasteiger partial charge < -0.3 is 5.11 Å². The fourth-order valence-corrected chi connectivity index (χ4v) is 4.71. The minimum atomic E-state index is -0.801. The van der Waals surface area contributed by atoms with E-state index >= 15 is 0 Å². The standard InChI is InChI=1S/C17H26N2O2S/c1-11-5-3-6-12(2)19(11)10-9-14-18-15(13-7-4-8-13)16(22-14)17(20)21/h11-13H,3-10H2,1-2H3,(H,20,21). The van der Waals surface area contributed by atoms with Crippen molar-refractivity contribution in [2.24, 2.45) is 0 Å². The van der Waals surface area contributed by atoms with Crippen LogP contribution in [-0.4, -0.2) is 39.6 Å². The summed E-state index contributed by atoms with van der Waals surface area (Å²) in [6.45, 7) is 5.61. The monoisotopic (exact) mass is 322 g/mol. The second-order valence-corrected chi connectivity index (χ2v) is 7.96. The number of aromatic carboxylic acids is 1. The number of hydrogen-bond donors (Lipinski definition) is 1. The molecule has 1 aromatic heterocycles. The molecule has 3 rings (SSSR count). The maximum Gasteiger partial charge on any atom is 0.347 e. The lowest BCUT2D eigenvalue weighted by molar-refractivity contribution is 0.0699. The molecule has 2 heterocycles. The van der Waals surface area contributed by atoms with Crippen LogP contribution in [0.5, 0.6) is 0 Å². The molecule has 1 aromatic rings. The normalized spacial score (nSPS) is 26.8. The molecule has 22 heavy (non-hydrogen) atoms. The van der Waals surface area contributed by atoms with Gasteiger partial charge in [-0.2, -0.15) is 0 Å². The van der Waals surface area contributed by atoms with E-state index in [1.807, 2.05) is 0 Å². The molecular formula is C17H26N2O2S. The van der Waals surface area contributed by atoms with Gasteiger partial charge in [-0.25, -0.2) is 9.78 Å². The third-order valence-electron chi connectivity index (χ3n) is 5.34. The fourth-order valence-electron chi connectivity index (χ4n) is 3.74. The van der Waals surface area contributed by atoms with Gasteiger partial charge in [-0.15, -0.1) is 11.3 Å². The first-order valence-electron chi connectivity index (χ1n) is 8.55. The van der Waals surface area contributed by atoms with Crippen LogP contribution in [0.15, 0.2) is 0 Å². The van der Waals surface area contributed by atoms with Crippen LogP contribution < -0.4 is 0 Å². The zero-order chi connectivity index (χ0) is 15.7. The first kappa shape index (κ1) is 15.9. The van der Waals surface area contributed by atoms with Crippen molar-refractivity contribution in [2.75, 3.05) is 6.54 Å². The maximum absolute atomic E-state index is 11.4. The highest BCUT2D eigenvalue weighted by molar-refractivity contribution is 7.13. The Balaban J connectivity index is 1.68. The predicted molar refractivity (Wildman–Crippen MR) is 88.9 cm³/mol. The number of piperidine rings is 1. The average molecular weight is 322 g/mol. The molecule has 4 nitrogen and oxygen atoms in total. The van der Waals surface area contributed by atoms with Gasteiger partial charge in [-0.1, -0.05) is 12.8 Å². The van der Waals surface area contributed by atoms with E-state index in [1.54, 1.807) is 0 Å². The summed E-state index contributed by atoms with van der Waals surface area (Å²) in [6, 6.07) is 1.27. The summed E-state index contributed by atoms with van der Waals surface area (Å²) in [5.74, 6) is -0.408. The molecule has 0 spiro atoms. The Morgan fingerprint density at radius 1 is 1.23 bits per heavy atom. The highest BCUT2D eigenvalue weighted by Crippen LogP contribution is 2.39. The van der Waals surface area contributed by atoms with E-state index in [9.17, 15) is 9.90 Å². The Morgan fingerprint density at radius 3 is 2.41 bits per heavy atom. The Labute approximate surface area is 136 Å². The van der Waals surface area contributed by atoms with Crippen LogP contribution >= 0.6 is 11.3 Å². The lowest BCUT2D eigenvalue weighted by Gasteiger charge is -2.38. The molecule has 122 valence electrons. The third kappa shape index (κ3) is 3.20.